The molecule has 19 heavy (non-hydrogen) atoms. The molecule has 0 spiro atoms. The van der Waals surface area contributed by atoms with Gasteiger partial charge in [-0.3, -0.25) is 14.9 Å². The van der Waals surface area contributed by atoms with Crippen molar-refractivity contribution >= 4 is 11.6 Å². The summed E-state index contributed by atoms with van der Waals surface area (Å²) in [7, 11) is 0. The van der Waals surface area contributed by atoms with Crippen molar-refractivity contribution < 1.29 is 31.7 Å². The van der Waals surface area contributed by atoms with Gasteiger partial charge in [0.05, 0.1) is 4.92 Å². The molecule has 1 aromatic rings. The third-order valence-electron chi connectivity index (χ3n) is 2.03. The van der Waals surface area contributed by atoms with E-state index in [0.717, 1.165) is 0 Å². The van der Waals surface area contributed by atoms with Crippen LogP contribution in [0.2, 0.25) is 0 Å². The minimum Gasteiger partial charge on any atom is -0.364 e. The van der Waals surface area contributed by atoms with E-state index in [9.17, 15) is 36.9 Å². The molecule has 6 nitrogen and oxygen atoms in total. The Bertz CT molecular complexity index is 543. The van der Waals surface area contributed by atoms with Crippen LogP contribution in [0, 0.1) is 10.1 Å². The molecule has 0 aliphatic rings. The zero-order valence-corrected chi connectivity index (χ0v) is 8.74. The van der Waals surface area contributed by atoms with Gasteiger partial charge in [-0.25, -0.2) is 13.8 Å². The van der Waals surface area contributed by atoms with Gasteiger partial charge in [-0.2, -0.15) is 13.2 Å². The normalized spacial score (nSPS) is 11.7. The molecule has 2 N–H and O–H groups in total. The van der Waals surface area contributed by atoms with Crippen LogP contribution in [0.4, 0.5) is 27.6 Å². The van der Waals surface area contributed by atoms with Crippen molar-refractivity contribution in [1.29, 1.82) is 0 Å². The molecule has 0 atom stereocenters. The molecule has 1 amide bonds. The lowest BCUT2D eigenvalue weighted by Crippen LogP contribution is -2.23. The molecule has 0 saturated heterocycles. The van der Waals surface area contributed by atoms with Crippen LogP contribution < -0.4 is 5.73 Å². The van der Waals surface area contributed by atoms with Gasteiger partial charge < -0.3 is 5.73 Å². The van der Waals surface area contributed by atoms with E-state index in [-0.39, 0.29) is 6.20 Å². The van der Waals surface area contributed by atoms with Gasteiger partial charge in [0.15, 0.2) is 0 Å². The molecule has 1 rings (SSSR count). The number of amides is 1. The van der Waals surface area contributed by atoms with E-state index in [1.165, 1.54) is 0 Å². The van der Waals surface area contributed by atoms with Crippen LogP contribution in [0.15, 0.2) is 6.20 Å². The molecule has 104 valence electrons. The number of halogens is 5. The summed E-state index contributed by atoms with van der Waals surface area (Å²) in [5.41, 5.74) is -2.56. The van der Waals surface area contributed by atoms with E-state index in [1.807, 2.05) is 0 Å². The topological polar surface area (TPSA) is 99.1 Å². The molecular formula is C8H4F5N3O3. The van der Waals surface area contributed by atoms with Crippen molar-refractivity contribution in [2.45, 2.75) is 12.6 Å². The van der Waals surface area contributed by atoms with Gasteiger partial charge in [-0.05, 0) is 0 Å². The number of alkyl halides is 5. The average Bonchev–Trinajstić information content (AvgIpc) is 2.25. The summed E-state index contributed by atoms with van der Waals surface area (Å²) < 4.78 is 63.3. The lowest BCUT2D eigenvalue weighted by molar-refractivity contribution is -0.386. The first-order valence-corrected chi connectivity index (χ1v) is 4.39. The predicted molar refractivity (Wildman–Crippen MR) is 49.4 cm³/mol. The Hall–Kier alpha value is -2.33. The highest BCUT2D eigenvalue weighted by Crippen LogP contribution is 2.41. The number of hydrogen-bond donors (Lipinski definition) is 1. The minimum atomic E-state index is -5.44. The zero-order chi connectivity index (χ0) is 15.0. The number of rotatable bonds is 3. The van der Waals surface area contributed by atoms with Gasteiger partial charge in [0, 0.05) is 0 Å². The highest BCUT2D eigenvalue weighted by molar-refractivity contribution is 5.93. The largest absolute Gasteiger partial charge is 0.419 e. The fraction of sp³-hybridized carbons (Fsp3) is 0.250. The highest BCUT2D eigenvalue weighted by atomic mass is 19.4. The molecule has 1 heterocycles. The van der Waals surface area contributed by atoms with E-state index in [1.54, 1.807) is 0 Å². The maximum Gasteiger partial charge on any atom is 0.419 e. The molecule has 0 fully saturated rings. The fourth-order valence-electron chi connectivity index (χ4n) is 1.36. The lowest BCUT2D eigenvalue weighted by atomic mass is 10.0. The van der Waals surface area contributed by atoms with E-state index in [0.29, 0.717) is 0 Å². The van der Waals surface area contributed by atoms with Crippen molar-refractivity contribution in [2.24, 2.45) is 5.73 Å². The molecule has 0 saturated carbocycles. The van der Waals surface area contributed by atoms with Crippen LogP contribution >= 0.6 is 0 Å². The molecule has 0 radical (unpaired) electrons. The Kier molecular flexibility index (Phi) is 3.68. The number of pyridine rings is 1. The second-order valence-corrected chi connectivity index (χ2v) is 3.20. The lowest BCUT2D eigenvalue weighted by Gasteiger charge is -2.14. The number of hydrogen-bond acceptors (Lipinski definition) is 4. The molecule has 0 aliphatic carbocycles. The standard InChI is InChI=1S/C8H4F5N3O3/c9-6(10)3-2(16(18)19)1-15-5(7(14)17)4(3)8(11,12)13/h1,6H,(H2,14,17). The molecule has 1 aromatic heterocycles. The Morgan fingerprint density at radius 1 is 1.42 bits per heavy atom. The molecule has 0 unspecified atom stereocenters. The molecule has 11 heteroatoms. The smallest absolute Gasteiger partial charge is 0.364 e. The number of nitrogens with two attached hydrogens (primary N) is 1. The second kappa shape index (κ2) is 4.74. The van der Waals surface area contributed by atoms with Crippen molar-refractivity contribution in [3.8, 4) is 0 Å². The third kappa shape index (κ3) is 2.74. The van der Waals surface area contributed by atoms with Gasteiger partial charge in [-0.15, -0.1) is 0 Å². The Labute approximate surface area is 101 Å². The number of nitrogens with zero attached hydrogens (tertiary/aromatic N) is 2. The predicted octanol–water partition coefficient (Wildman–Crippen LogP) is 2.05. The van der Waals surface area contributed by atoms with Gasteiger partial charge in [0.2, 0.25) is 0 Å². The van der Waals surface area contributed by atoms with E-state index < -0.39 is 45.9 Å². The number of carbonyl (C=O) groups excluding carboxylic acids is 1. The Balaban J connectivity index is 3.82. The van der Waals surface area contributed by atoms with E-state index in [2.05, 4.69) is 10.7 Å². The first-order valence-electron chi connectivity index (χ1n) is 4.39. The third-order valence-corrected chi connectivity index (χ3v) is 2.03. The summed E-state index contributed by atoms with van der Waals surface area (Å²) in [5, 5.41) is 10.4. The number of aromatic nitrogens is 1. The Morgan fingerprint density at radius 3 is 2.26 bits per heavy atom. The van der Waals surface area contributed by atoms with Crippen molar-refractivity contribution in [1.82, 2.24) is 4.98 Å². The molecule has 0 aromatic carbocycles. The summed E-state index contributed by atoms with van der Waals surface area (Å²) >= 11 is 0. The van der Waals surface area contributed by atoms with Gasteiger partial charge >= 0.3 is 6.18 Å². The maximum atomic E-state index is 12.7. The van der Waals surface area contributed by atoms with Crippen LogP contribution in [0.25, 0.3) is 0 Å². The summed E-state index contributed by atoms with van der Waals surface area (Å²) in [5.74, 6) is -1.72. The first-order chi connectivity index (χ1) is 8.57. The number of primary amides is 1. The van der Waals surface area contributed by atoms with Gasteiger partial charge in [-0.1, -0.05) is 0 Å². The SMILES string of the molecule is NC(=O)c1ncc([N+](=O)[O-])c(C(F)F)c1C(F)(F)F. The summed E-state index contributed by atoms with van der Waals surface area (Å²) in [6, 6.07) is 0. The first kappa shape index (κ1) is 14.7. The summed E-state index contributed by atoms with van der Waals surface area (Å²) in [6.07, 6.45) is -9.12. The molecular weight excluding hydrogens is 281 g/mol. The highest BCUT2D eigenvalue weighted by Gasteiger charge is 2.44. The fourth-order valence-corrected chi connectivity index (χ4v) is 1.36. The van der Waals surface area contributed by atoms with Crippen LogP contribution in [-0.2, 0) is 6.18 Å². The zero-order valence-electron chi connectivity index (χ0n) is 8.74. The van der Waals surface area contributed by atoms with Crippen LogP contribution in [-0.4, -0.2) is 15.8 Å². The Morgan fingerprint density at radius 2 is 1.95 bits per heavy atom. The summed E-state index contributed by atoms with van der Waals surface area (Å²) in [6.45, 7) is 0. The maximum absolute atomic E-state index is 12.7. The minimum absolute atomic E-state index is 0.136. The van der Waals surface area contributed by atoms with E-state index >= 15 is 0 Å². The second-order valence-electron chi connectivity index (χ2n) is 3.20. The van der Waals surface area contributed by atoms with Gasteiger partial charge in [0.1, 0.15) is 23.0 Å². The monoisotopic (exact) mass is 285 g/mol. The average molecular weight is 285 g/mol. The quantitative estimate of drug-likeness (QED) is 0.521. The molecule has 0 aliphatic heterocycles. The van der Waals surface area contributed by atoms with E-state index in [4.69, 9.17) is 0 Å². The van der Waals surface area contributed by atoms with Gasteiger partial charge in [0.25, 0.3) is 18.0 Å². The van der Waals surface area contributed by atoms with Crippen LogP contribution in [0.5, 0.6) is 0 Å². The van der Waals surface area contributed by atoms with Crippen LogP contribution in [0.1, 0.15) is 28.0 Å². The number of carbonyl (C=O) groups is 1. The number of nitro groups is 1. The van der Waals surface area contributed by atoms with Crippen LogP contribution in [0.3, 0.4) is 0 Å². The van der Waals surface area contributed by atoms with Crippen molar-refractivity contribution in [3.63, 3.8) is 0 Å². The summed E-state index contributed by atoms with van der Waals surface area (Å²) in [4.78, 5) is 22.6. The van der Waals surface area contributed by atoms with Crippen molar-refractivity contribution in [3.05, 3.63) is 33.1 Å². The molecule has 0 bridgehead atoms. The van der Waals surface area contributed by atoms with Crippen molar-refractivity contribution in [2.75, 3.05) is 0 Å².